The Kier molecular flexibility index (Phi) is 6.40. The number of aromatic nitrogens is 3. The van der Waals surface area contributed by atoms with Gasteiger partial charge >= 0.3 is 0 Å². The summed E-state index contributed by atoms with van der Waals surface area (Å²) in [5.41, 5.74) is 17.3. The first-order valence-corrected chi connectivity index (χ1v) is 13.9. The van der Waals surface area contributed by atoms with Crippen LogP contribution >= 0.6 is 0 Å². The first kappa shape index (κ1) is 24.6. The second kappa shape index (κ2) is 9.87. The number of nitrogens with two attached hydrogens (primary N) is 2. The summed E-state index contributed by atoms with van der Waals surface area (Å²) in [6.07, 6.45) is 1.58. The van der Waals surface area contributed by atoms with E-state index in [4.69, 9.17) is 20.9 Å². The Morgan fingerprint density at radius 1 is 0.789 bits per heavy atom. The molecule has 0 saturated carbocycles. The zero-order valence-corrected chi connectivity index (χ0v) is 21.6. The fourth-order valence-corrected chi connectivity index (χ4v) is 6.43. The maximum atomic E-state index is 13.3. The third-order valence-corrected chi connectivity index (χ3v) is 8.90. The van der Waals surface area contributed by atoms with Gasteiger partial charge in [0, 0.05) is 49.3 Å². The van der Waals surface area contributed by atoms with Crippen molar-refractivity contribution in [3.8, 4) is 16.8 Å². The predicted octanol–water partition coefficient (Wildman–Crippen LogP) is 2.11. The summed E-state index contributed by atoms with van der Waals surface area (Å²) >= 11 is 0. The van der Waals surface area contributed by atoms with E-state index in [0.29, 0.717) is 24.7 Å². The monoisotopic (exact) mass is 535 g/mol. The smallest absolute Gasteiger partial charge is 0.246 e. The summed E-state index contributed by atoms with van der Waals surface area (Å²) in [4.78, 5) is 11.0. The highest BCUT2D eigenvalue weighted by atomic mass is 32.2. The van der Waals surface area contributed by atoms with Crippen LogP contribution in [-0.2, 0) is 19.5 Å². The van der Waals surface area contributed by atoms with Crippen molar-refractivity contribution in [2.24, 2.45) is 0 Å². The minimum absolute atomic E-state index is 0.0104. The van der Waals surface area contributed by atoms with E-state index >= 15 is 0 Å². The Hall–Kier alpha value is -3.71. The van der Waals surface area contributed by atoms with Crippen LogP contribution in [-0.4, -0.2) is 79.9 Å². The SMILES string of the molecule is Nc1ncc(-c2ccc3nc(N)n(-c4ccc(N5CCOCC5)cc4)c3c2)cc1S(=O)(=O)N1CCOCC1. The van der Waals surface area contributed by atoms with Crippen LogP contribution in [0.5, 0.6) is 0 Å². The fourth-order valence-electron chi connectivity index (χ4n) is 4.92. The molecule has 0 atom stereocenters. The molecule has 0 unspecified atom stereocenters. The van der Waals surface area contributed by atoms with Crippen molar-refractivity contribution >= 4 is 38.5 Å². The lowest BCUT2D eigenvalue weighted by Gasteiger charge is -2.29. The van der Waals surface area contributed by atoms with E-state index in [1.807, 2.05) is 34.9 Å². The van der Waals surface area contributed by atoms with Gasteiger partial charge < -0.3 is 25.8 Å². The number of benzene rings is 2. The van der Waals surface area contributed by atoms with Gasteiger partial charge in [0.2, 0.25) is 16.0 Å². The number of nitrogen functional groups attached to an aromatic ring is 2. The number of imidazole rings is 1. The number of rotatable bonds is 5. The average molecular weight is 536 g/mol. The lowest BCUT2D eigenvalue weighted by Crippen LogP contribution is -2.40. The molecule has 12 heteroatoms. The Balaban J connectivity index is 1.37. The van der Waals surface area contributed by atoms with Crippen LogP contribution in [0.4, 0.5) is 17.5 Å². The van der Waals surface area contributed by atoms with Crippen LogP contribution in [0, 0.1) is 0 Å². The molecule has 198 valence electrons. The van der Waals surface area contributed by atoms with Crippen molar-refractivity contribution in [3.63, 3.8) is 0 Å². The van der Waals surface area contributed by atoms with Crippen LogP contribution in [0.2, 0.25) is 0 Å². The second-order valence-corrected chi connectivity index (χ2v) is 11.2. The summed E-state index contributed by atoms with van der Waals surface area (Å²) in [5.74, 6) is 0.332. The molecular weight excluding hydrogens is 506 g/mol. The Morgan fingerprint density at radius 2 is 1.45 bits per heavy atom. The highest BCUT2D eigenvalue weighted by Crippen LogP contribution is 2.32. The molecule has 2 aliphatic rings. The minimum Gasteiger partial charge on any atom is -0.383 e. The van der Waals surface area contributed by atoms with E-state index in [1.165, 1.54) is 4.31 Å². The molecule has 0 bridgehead atoms. The minimum atomic E-state index is -3.81. The molecule has 38 heavy (non-hydrogen) atoms. The van der Waals surface area contributed by atoms with E-state index in [0.717, 1.165) is 54.3 Å². The highest BCUT2D eigenvalue weighted by Gasteiger charge is 2.29. The van der Waals surface area contributed by atoms with Gasteiger partial charge in [-0.15, -0.1) is 0 Å². The molecule has 0 amide bonds. The van der Waals surface area contributed by atoms with Crippen molar-refractivity contribution in [1.82, 2.24) is 18.8 Å². The van der Waals surface area contributed by atoms with E-state index in [2.05, 4.69) is 27.0 Å². The van der Waals surface area contributed by atoms with Gasteiger partial charge in [-0.05, 0) is 48.0 Å². The molecule has 0 radical (unpaired) electrons. The van der Waals surface area contributed by atoms with Gasteiger partial charge in [-0.1, -0.05) is 6.07 Å². The van der Waals surface area contributed by atoms with Crippen molar-refractivity contribution in [3.05, 3.63) is 54.7 Å². The molecule has 4 N–H and O–H groups in total. The first-order valence-electron chi connectivity index (χ1n) is 12.5. The number of anilines is 3. The molecule has 4 aromatic rings. The summed E-state index contributed by atoms with van der Waals surface area (Å²) in [6.45, 7) is 4.42. The van der Waals surface area contributed by atoms with Gasteiger partial charge in [0.1, 0.15) is 10.7 Å². The van der Waals surface area contributed by atoms with Crippen LogP contribution in [0.3, 0.4) is 0 Å². The summed E-state index contributed by atoms with van der Waals surface area (Å²) in [6, 6.07) is 15.4. The largest absolute Gasteiger partial charge is 0.383 e. The number of hydrogen-bond acceptors (Lipinski definition) is 9. The highest BCUT2D eigenvalue weighted by molar-refractivity contribution is 7.89. The van der Waals surface area contributed by atoms with Crippen LogP contribution < -0.4 is 16.4 Å². The van der Waals surface area contributed by atoms with E-state index in [-0.39, 0.29) is 23.8 Å². The number of pyridine rings is 1. The Labute approximate surface area is 220 Å². The first-order chi connectivity index (χ1) is 18.4. The van der Waals surface area contributed by atoms with E-state index < -0.39 is 10.0 Å². The molecule has 2 saturated heterocycles. The van der Waals surface area contributed by atoms with Gasteiger partial charge in [0.05, 0.1) is 37.5 Å². The number of hydrogen-bond donors (Lipinski definition) is 2. The molecule has 2 aromatic heterocycles. The number of fused-ring (bicyclic) bond motifs is 1. The maximum absolute atomic E-state index is 13.3. The summed E-state index contributed by atoms with van der Waals surface area (Å²) < 4.78 is 40.6. The lowest BCUT2D eigenvalue weighted by molar-refractivity contribution is 0.0730. The zero-order chi connectivity index (χ0) is 26.3. The molecule has 11 nitrogen and oxygen atoms in total. The molecule has 4 heterocycles. The number of ether oxygens (including phenoxy) is 2. The number of morpholine rings is 2. The Morgan fingerprint density at radius 3 is 2.16 bits per heavy atom. The normalized spacial score (nSPS) is 17.2. The third kappa shape index (κ3) is 4.45. The summed E-state index contributed by atoms with van der Waals surface area (Å²) in [5, 5.41) is 0. The fraction of sp³-hybridized carbons (Fsp3) is 0.308. The molecule has 2 fully saturated rings. The molecule has 0 spiro atoms. The quantitative estimate of drug-likeness (QED) is 0.393. The molecular formula is C26H29N7O4S. The van der Waals surface area contributed by atoms with E-state index in [1.54, 1.807) is 12.3 Å². The lowest BCUT2D eigenvalue weighted by atomic mass is 10.1. The third-order valence-electron chi connectivity index (χ3n) is 6.97. The van der Waals surface area contributed by atoms with Gasteiger partial charge in [-0.2, -0.15) is 4.31 Å². The van der Waals surface area contributed by atoms with Crippen molar-refractivity contribution in [2.45, 2.75) is 4.90 Å². The van der Waals surface area contributed by atoms with Crippen molar-refractivity contribution in [2.75, 3.05) is 69.0 Å². The van der Waals surface area contributed by atoms with Crippen LogP contribution in [0.1, 0.15) is 0 Å². The van der Waals surface area contributed by atoms with Crippen molar-refractivity contribution in [1.29, 1.82) is 0 Å². The average Bonchev–Trinajstić information content (AvgIpc) is 3.29. The molecule has 2 aromatic carbocycles. The van der Waals surface area contributed by atoms with Crippen LogP contribution in [0.15, 0.2) is 59.6 Å². The predicted molar refractivity (Wildman–Crippen MR) is 146 cm³/mol. The molecule has 2 aliphatic heterocycles. The van der Waals surface area contributed by atoms with Gasteiger partial charge in [-0.3, -0.25) is 4.57 Å². The van der Waals surface area contributed by atoms with Crippen molar-refractivity contribution < 1.29 is 17.9 Å². The number of sulfonamides is 1. The van der Waals surface area contributed by atoms with Gasteiger partial charge in [-0.25, -0.2) is 18.4 Å². The molecule has 6 rings (SSSR count). The standard InChI is InChI=1S/C26H29N7O4S/c27-25-24(38(34,35)32-9-13-37-14-10-32)16-19(17-29-25)18-1-6-22-23(15-18)33(26(28)30-22)21-4-2-20(3-5-21)31-7-11-36-12-8-31/h1-6,15-17H,7-14H2,(H2,27,29)(H2,28,30). The maximum Gasteiger partial charge on any atom is 0.246 e. The van der Waals surface area contributed by atoms with Gasteiger partial charge in [0.15, 0.2) is 0 Å². The molecule has 0 aliphatic carbocycles. The second-order valence-electron chi connectivity index (χ2n) is 9.25. The van der Waals surface area contributed by atoms with Gasteiger partial charge in [0.25, 0.3) is 0 Å². The Bertz CT molecular complexity index is 1580. The van der Waals surface area contributed by atoms with Crippen LogP contribution in [0.25, 0.3) is 27.8 Å². The van der Waals surface area contributed by atoms with E-state index in [9.17, 15) is 8.42 Å². The topological polar surface area (TPSA) is 142 Å². The summed E-state index contributed by atoms with van der Waals surface area (Å²) in [7, 11) is -3.81. The number of nitrogens with zero attached hydrogens (tertiary/aromatic N) is 5. The zero-order valence-electron chi connectivity index (χ0n) is 20.8.